The van der Waals surface area contributed by atoms with Gasteiger partial charge in [0.1, 0.15) is 17.9 Å². The fraction of sp³-hybridized carbons (Fsp3) is 0.333. The number of carbonyl (C=O) groups is 2. The Bertz CT molecular complexity index is 877. The lowest BCUT2D eigenvalue weighted by atomic mass is 10.00. The molecule has 1 aromatic heterocycles. The predicted octanol–water partition coefficient (Wildman–Crippen LogP) is 0.418. The van der Waals surface area contributed by atoms with Gasteiger partial charge in [0.15, 0.2) is 0 Å². The lowest BCUT2D eigenvalue weighted by Crippen LogP contribution is -2.56. The Labute approximate surface area is 149 Å². The molecule has 2 fully saturated rings. The van der Waals surface area contributed by atoms with Crippen molar-refractivity contribution in [2.24, 2.45) is 0 Å². The topological polar surface area (TPSA) is 95.6 Å². The quantitative estimate of drug-likeness (QED) is 0.843. The zero-order valence-corrected chi connectivity index (χ0v) is 14.1. The Morgan fingerprint density at radius 2 is 1.92 bits per heavy atom. The van der Waals surface area contributed by atoms with Crippen molar-refractivity contribution in [2.75, 3.05) is 31.1 Å². The largest absolute Gasteiger partial charge is 0.361 e. The second kappa shape index (κ2) is 6.38. The van der Waals surface area contributed by atoms with E-state index in [1.54, 1.807) is 9.80 Å². The molecule has 1 atom stereocenters. The van der Waals surface area contributed by atoms with Crippen LogP contribution in [-0.2, 0) is 9.53 Å². The lowest BCUT2D eigenvalue weighted by molar-refractivity contribution is -0.137. The van der Waals surface area contributed by atoms with E-state index in [1.807, 2.05) is 30.3 Å². The first-order chi connectivity index (χ1) is 12.6. The standard InChI is InChI=1S/C18H18N4O4/c23-15-7-6-14(19-20-15)17(25)21-9-8-18(11-21)12-22(16(24)10-26-18)13-4-2-1-3-5-13/h1-7H,8-12H2,(H,20,23). The third-order valence-corrected chi connectivity index (χ3v) is 4.82. The Balaban J connectivity index is 1.51. The number of rotatable bonds is 2. The molecule has 0 saturated carbocycles. The maximum absolute atomic E-state index is 12.6. The van der Waals surface area contributed by atoms with Crippen LogP contribution in [0.3, 0.4) is 0 Å². The summed E-state index contributed by atoms with van der Waals surface area (Å²) in [5, 5.41) is 6.07. The summed E-state index contributed by atoms with van der Waals surface area (Å²) in [6.45, 7) is 1.28. The number of amides is 2. The van der Waals surface area contributed by atoms with Gasteiger partial charge >= 0.3 is 0 Å². The van der Waals surface area contributed by atoms with Crippen molar-refractivity contribution in [3.8, 4) is 0 Å². The highest BCUT2D eigenvalue weighted by molar-refractivity contribution is 5.95. The molecule has 1 unspecified atom stereocenters. The van der Waals surface area contributed by atoms with E-state index in [9.17, 15) is 14.4 Å². The van der Waals surface area contributed by atoms with E-state index in [0.29, 0.717) is 26.1 Å². The Hall–Kier alpha value is -3.00. The Morgan fingerprint density at radius 1 is 1.12 bits per heavy atom. The van der Waals surface area contributed by atoms with Crippen LogP contribution < -0.4 is 10.5 Å². The first-order valence-corrected chi connectivity index (χ1v) is 8.41. The molecule has 2 aromatic rings. The van der Waals surface area contributed by atoms with Crippen molar-refractivity contribution in [3.05, 3.63) is 58.5 Å². The van der Waals surface area contributed by atoms with Crippen LogP contribution in [0.25, 0.3) is 0 Å². The summed E-state index contributed by atoms with van der Waals surface area (Å²) in [5.74, 6) is -0.348. The molecule has 2 aliphatic rings. The lowest BCUT2D eigenvalue weighted by Gasteiger charge is -2.40. The Morgan fingerprint density at radius 3 is 2.65 bits per heavy atom. The monoisotopic (exact) mass is 354 g/mol. The van der Waals surface area contributed by atoms with Gasteiger partial charge in [-0.15, -0.1) is 0 Å². The number of para-hydroxylation sites is 1. The summed E-state index contributed by atoms with van der Waals surface area (Å²) in [6.07, 6.45) is 0.638. The van der Waals surface area contributed by atoms with Gasteiger partial charge < -0.3 is 14.5 Å². The van der Waals surface area contributed by atoms with Gasteiger partial charge in [0.25, 0.3) is 17.4 Å². The first kappa shape index (κ1) is 16.5. The summed E-state index contributed by atoms with van der Waals surface area (Å²) in [6, 6.07) is 12.1. The van der Waals surface area contributed by atoms with Gasteiger partial charge in [0.2, 0.25) is 0 Å². The van der Waals surface area contributed by atoms with Gasteiger partial charge in [0.05, 0.1) is 13.1 Å². The van der Waals surface area contributed by atoms with E-state index in [-0.39, 0.29) is 29.7 Å². The fourth-order valence-electron chi connectivity index (χ4n) is 3.45. The zero-order valence-electron chi connectivity index (χ0n) is 14.1. The number of nitrogens with zero attached hydrogens (tertiary/aromatic N) is 3. The Kier molecular flexibility index (Phi) is 4.04. The fourth-order valence-corrected chi connectivity index (χ4v) is 3.45. The first-order valence-electron chi connectivity index (χ1n) is 8.41. The molecule has 1 aromatic carbocycles. The number of aromatic amines is 1. The van der Waals surface area contributed by atoms with E-state index >= 15 is 0 Å². The minimum Gasteiger partial charge on any atom is -0.361 e. The number of anilines is 1. The number of hydrogen-bond donors (Lipinski definition) is 1. The summed E-state index contributed by atoms with van der Waals surface area (Å²) in [4.78, 5) is 39.4. The average molecular weight is 354 g/mol. The summed E-state index contributed by atoms with van der Waals surface area (Å²) in [7, 11) is 0. The molecule has 0 radical (unpaired) electrons. The number of H-pyrrole nitrogens is 1. The normalized spacial score (nSPS) is 22.8. The second-order valence-electron chi connectivity index (χ2n) is 6.57. The van der Waals surface area contributed by atoms with Gasteiger partial charge in [0, 0.05) is 18.3 Å². The highest BCUT2D eigenvalue weighted by Gasteiger charge is 2.46. The highest BCUT2D eigenvalue weighted by Crippen LogP contribution is 2.32. The molecule has 1 spiro atoms. The summed E-state index contributed by atoms with van der Waals surface area (Å²) in [5.41, 5.74) is 0.0782. The van der Waals surface area contributed by atoms with E-state index in [4.69, 9.17) is 4.74 Å². The van der Waals surface area contributed by atoms with Gasteiger partial charge in [-0.3, -0.25) is 14.4 Å². The number of benzene rings is 1. The molecule has 0 aliphatic carbocycles. The maximum atomic E-state index is 12.6. The van der Waals surface area contributed by atoms with Crippen molar-refractivity contribution in [2.45, 2.75) is 12.0 Å². The molecular weight excluding hydrogens is 336 g/mol. The number of likely N-dealkylation sites (tertiary alicyclic amines) is 1. The molecule has 0 bridgehead atoms. The zero-order chi connectivity index (χ0) is 18.1. The third-order valence-electron chi connectivity index (χ3n) is 4.82. The van der Waals surface area contributed by atoms with Gasteiger partial charge in [-0.05, 0) is 24.6 Å². The van der Waals surface area contributed by atoms with Crippen molar-refractivity contribution < 1.29 is 14.3 Å². The van der Waals surface area contributed by atoms with Crippen molar-refractivity contribution in [1.82, 2.24) is 15.1 Å². The average Bonchev–Trinajstić information content (AvgIpc) is 3.08. The van der Waals surface area contributed by atoms with Crippen LogP contribution >= 0.6 is 0 Å². The van der Waals surface area contributed by atoms with E-state index in [1.165, 1.54) is 12.1 Å². The molecule has 26 heavy (non-hydrogen) atoms. The highest BCUT2D eigenvalue weighted by atomic mass is 16.5. The summed E-state index contributed by atoms with van der Waals surface area (Å²) >= 11 is 0. The van der Waals surface area contributed by atoms with Gasteiger partial charge in [-0.2, -0.15) is 5.10 Å². The SMILES string of the molecule is O=C(c1ccc(=O)[nH]n1)N1CCC2(C1)CN(c1ccccc1)C(=O)CO2. The van der Waals surface area contributed by atoms with Crippen molar-refractivity contribution in [1.29, 1.82) is 0 Å². The number of hydrogen-bond acceptors (Lipinski definition) is 5. The maximum Gasteiger partial charge on any atom is 0.274 e. The second-order valence-corrected chi connectivity index (χ2v) is 6.57. The predicted molar refractivity (Wildman–Crippen MR) is 92.9 cm³/mol. The van der Waals surface area contributed by atoms with Crippen molar-refractivity contribution in [3.63, 3.8) is 0 Å². The van der Waals surface area contributed by atoms with E-state index in [0.717, 1.165) is 5.69 Å². The molecule has 8 nitrogen and oxygen atoms in total. The van der Waals surface area contributed by atoms with Crippen LogP contribution in [-0.4, -0.2) is 58.8 Å². The number of carbonyl (C=O) groups excluding carboxylic acids is 2. The molecule has 2 amide bonds. The van der Waals surface area contributed by atoms with Crippen molar-refractivity contribution >= 4 is 17.5 Å². The molecule has 8 heteroatoms. The van der Waals surface area contributed by atoms with E-state index in [2.05, 4.69) is 10.2 Å². The minimum absolute atomic E-state index is 0.00612. The van der Waals surface area contributed by atoms with Crippen LogP contribution in [0.4, 0.5) is 5.69 Å². The van der Waals surface area contributed by atoms with Gasteiger partial charge in [-0.1, -0.05) is 18.2 Å². The molecular formula is C18H18N4O4. The van der Waals surface area contributed by atoms with Crippen LogP contribution in [0.1, 0.15) is 16.9 Å². The van der Waals surface area contributed by atoms with Crippen LogP contribution in [0.2, 0.25) is 0 Å². The number of ether oxygens (including phenoxy) is 1. The number of morpholine rings is 1. The smallest absolute Gasteiger partial charge is 0.274 e. The molecule has 134 valence electrons. The molecule has 4 rings (SSSR count). The van der Waals surface area contributed by atoms with Crippen LogP contribution in [0.15, 0.2) is 47.3 Å². The third kappa shape index (κ3) is 2.99. The molecule has 2 aliphatic heterocycles. The molecule has 3 heterocycles. The van der Waals surface area contributed by atoms with Crippen LogP contribution in [0.5, 0.6) is 0 Å². The van der Waals surface area contributed by atoms with E-state index < -0.39 is 5.60 Å². The van der Waals surface area contributed by atoms with Gasteiger partial charge in [-0.25, -0.2) is 5.10 Å². The minimum atomic E-state index is -0.582. The number of nitrogens with one attached hydrogen (secondary N) is 1. The number of aromatic nitrogens is 2. The summed E-state index contributed by atoms with van der Waals surface area (Å²) < 4.78 is 5.86. The molecule has 2 saturated heterocycles. The van der Waals surface area contributed by atoms with Crippen LogP contribution in [0, 0.1) is 0 Å². The molecule has 1 N–H and O–H groups in total.